The lowest BCUT2D eigenvalue weighted by Gasteiger charge is -2.59. The zero-order valence-corrected chi connectivity index (χ0v) is 14.8. The molecule has 0 aromatic heterocycles. The fourth-order valence-electron chi connectivity index (χ4n) is 7.06. The Morgan fingerprint density at radius 3 is 2.62 bits per heavy atom. The molecule has 0 aromatic rings. The topological polar surface area (TPSA) is 63.2 Å². The number of nitrogens with one attached hydrogen (secondary N) is 1. The van der Waals surface area contributed by atoms with Gasteiger partial charge in [-0.05, 0) is 61.7 Å². The van der Waals surface area contributed by atoms with Crippen molar-refractivity contribution in [2.45, 2.75) is 71.3 Å². The van der Waals surface area contributed by atoms with Crippen molar-refractivity contribution in [1.29, 1.82) is 0 Å². The smallest absolute Gasteiger partial charge is 0.207 e. The number of hydrogen-bond acceptors (Lipinski definition) is 3. The maximum absolute atomic E-state index is 13.0. The first kappa shape index (κ1) is 16.3. The molecule has 4 heteroatoms. The zero-order chi connectivity index (χ0) is 17.1. The third-order valence-corrected chi connectivity index (χ3v) is 8.47. The summed E-state index contributed by atoms with van der Waals surface area (Å²) >= 11 is 0. The minimum atomic E-state index is -0.166. The van der Waals surface area contributed by atoms with Crippen molar-refractivity contribution >= 4 is 18.0 Å². The number of hydrogen-bond donors (Lipinski definition) is 1. The molecule has 132 valence electrons. The Morgan fingerprint density at radius 1 is 1.08 bits per heavy atom. The molecule has 0 spiro atoms. The molecular formula is C20H29NO3. The molecule has 1 amide bonds. The highest BCUT2D eigenvalue weighted by Gasteiger charge is 2.62. The molecule has 7 atom stereocenters. The van der Waals surface area contributed by atoms with Gasteiger partial charge in [0, 0.05) is 30.2 Å². The van der Waals surface area contributed by atoms with Crippen LogP contribution in [0, 0.1) is 34.5 Å². The van der Waals surface area contributed by atoms with Crippen molar-refractivity contribution in [2.24, 2.45) is 34.5 Å². The van der Waals surface area contributed by atoms with Gasteiger partial charge in [0.15, 0.2) is 0 Å². The molecule has 0 radical (unpaired) electrons. The van der Waals surface area contributed by atoms with Gasteiger partial charge in [0.05, 0.1) is 0 Å². The Labute approximate surface area is 144 Å². The Kier molecular flexibility index (Phi) is 3.67. The lowest BCUT2D eigenvalue weighted by atomic mass is 9.45. The number of Topliss-reactive ketones (excluding diaryl/α,β-unsaturated/α-hetero) is 2. The summed E-state index contributed by atoms with van der Waals surface area (Å²) in [6, 6.07) is 0.156. The van der Waals surface area contributed by atoms with Crippen LogP contribution in [-0.2, 0) is 14.4 Å². The van der Waals surface area contributed by atoms with E-state index >= 15 is 0 Å². The van der Waals surface area contributed by atoms with Crippen molar-refractivity contribution in [2.75, 3.05) is 0 Å². The van der Waals surface area contributed by atoms with Crippen LogP contribution < -0.4 is 5.32 Å². The summed E-state index contributed by atoms with van der Waals surface area (Å²) in [5.41, 5.74) is -0.102. The van der Waals surface area contributed by atoms with Gasteiger partial charge >= 0.3 is 0 Å². The lowest BCUT2D eigenvalue weighted by Crippen LogP contribution is -2.58. The molecule has 4 rings (SSSR count). The highest BCUT2D eigenvalue weighted by atomic mass is 16.1. The van der Waals surface area contributed by atoms with E-state index < -0.39 is 0 Å². The van der Waals surface area contributed by atoms with Crippen molar-refractivity contribution < 1.29 is 14.4 Å². The van der Waals surface area contributed by atoms with Crippen LogP contribution >= 0.6 is 0 Å². The van der Waals surface area contributed by atoms with E-state index in [0.29, 0.717) is 42.2 Å². The predicted molar refractivity (Wildman–Crippen MR) is 90.1 cm³/mol. The van der Waals surface area contributed by atoms with E-state index in [2.05, 4.69) is 19.2 Å². The fraction of sp³-hybridized carbons (Fsp3) is 0.850. The standard InChI is InChI=1S/C20H29NO3/c1-19-7-5-12(21-11-22)9-16(19)17(23)10-13-14-3-4-18(24)20(14,2)8-6-15(13)19/h11-16H,3-10H2,1-2H3,(H,21,22)/t12?,13-,14-,15-,16?,19+,20-/m0/s1. The molecule has 1 N–H and O–H groups in total. The van der Waals surface area contributed by atoms with Gasteiger partial charge in [0.2, 0.25) is 6.41 Å². The third-order valence-electron chi connectivity index (χ3n) is 8.47. The summed E-state index contributed by atoms with van der Waals surface area (Å²) in [6.45, 7) is 4.48. The number of rotatable bonds is 2. The Hall–Kier alpha value is -1.19. The Morgan fingerprint density at radius 2 is 1.88 bits per heavy atom. The van der Waals surface area contributed by atoms with Crippen LogP contribution in [0.3, 0.4) is 0 Å². The maximum Gasteiger partial charge on any atom is 0.207 e. The highest BCUT2D eigenvalue weighted by Crippen LogP contribution is 2.64. The summed E-state index contributed by atoms with van der Waals surface area (Å²) in [7, 11) is 0. The second kappa shape index (κ2) is 5.40. The number of carbonyl (C=O) groups is 3. The van der Waals surface area contributed by atoms with Gasteiger partial charge in [0.25, 0.3) is 0 Å². The average Bonchev–Trinajstić information content (AvgIpc) is 2.85. The lowest BCUT2D eigenvalue weighted by molar-refractivity contribution is -0.156. The molecule has 0 bridgehead atoms. The van der Waals surface area contributed by atoms with Crippen LogP contribution in [0.5, 0.6) is 0 Å². The molecule has 0 saturated heterocycles. The summed E-state index contributed by atoms with van der Waals surface area (Å²) in [4.78, 5) is 36.2. The first-order chi connectivity index (χ1) is 11.4. The molecule has 4 nitrogen and oxygen atoms in total. The first-order valence-corrected chi connectivity index (χ1v) is 9.66. The largest absolute Gasteiger partial charge is 0.356 e. The molecule has 4 saturated carbocycles. The molecule has 0 heterocycles. The van der Waals surface area contributed by atoms with Crippen LogP contribution in [0.15, 0.2) is 0 Å². The summed E-state index contributed by atoms with van der Waals surface area (Å²) in [6.07, 6.45) is 8.03. The Balaban J connectivity index is 1.63. The quantitative estimate of drug-likeness (QED) is 0.791. The van der Waals surface area contributed by atoms with Gasteiger partial charge in [-0.25, -0.2) is 0 Å². The fourth-order valence-corrected chi connectivity index (χ4v) is 7.06. The number of ketones is 2. The third kappa shape index (κ3) is 2.07. The van der Waals surface area contributed by atoms with Gasteiger partial charge < -0.3 is 5.32 Å². The van der Waals surface area contributed by atoms with E-state index in [1.54, 1.807) is 0 Å². The predicted octanol–water partition coefficient (Wildman–Crippen LogP) is 2.89. The molecule has 0 aliphatic heterocycles. The van der Waals surface area contributed by atoms with Crippen LogP contribution in [0.2, 0.25) is 0 Å². The van der Waals surface area contributed by atoms with Gasteiger partial charge in [-0.15, -0.1) is 0 Å². The summed E-state index contributed by atoms with van der Waals surface area (Å²) in [5.74, 6) is 2.30. The maximum atomic E-state index is 13.0. The van der Waals surface area contributed by atoms with Crippen molar-refractivity contribution in [3.05, 3.63) is 0 Å². The normalized spacial score (nSPS) is 50.7. The summed E-state index contributed by atoms with van der Waals surface area (Å²) in [5, 5.41) is 2.90. The Bertz CT molecular complexity index is 587. The average molecular weight is 331 g/mol. The van der Waals surface area contributed by atoms with Crippen LogP contribution in [0.25, 0.3) is 0 Å². The van der Waals surface area contributed by atoms with Crippen LogP contribution in [0.4, 0.5) is 0 Å². The number of fused-ring (bicyclic) bond motifs is 5. The van der Waals surface area contributed by atoms with Gasteiger partial charge in [-0.3, -0.25) is 14.4 Å². The van der Waals surface area contributed by atoms with E-state index in [4.69, 9.17) is 0 Å². The van der Waals surface area contributed by atoms with Crippen molar-refractivity contribution in [3.8, 4) is 0 Å². The van der Waals surface area contributed by atoms with Gasteiger partial charge in [0.1, 0.15) is 11.6 Å². The SMILES string of the molecule is C[C@]12CCC(NC=O)CC1C(=O)C[C@@H]1[C@@H]2CC[C@]2(C)C(=O)CC[C@@H]12. The van der Waals surface area contributed by atoms with Crippen LogP contribution in [-0.4, -0.2) is 24.0 Å². The molecule has 24 heavy (non-hydrogen) atoms. The molecule has 2 unspecified atom stereocenters. The minimum Gasteiger partial charge on any atom is -0.356 e. The van der Waals surface area contributed by atoms with Crippen molar-refractivity contribution in [1.82, 2.24) is 5.32 Å². The highest BCUT2D eigenvalue weighted by molar-refractivity contribution is 5.88. The molecule has 4 fully saturated rings. The second-order valence-corrected chi connectivity index (χ2v) is 9.28. The molecular weight excluding hydrogens is 302 g/mol. The molecule has 4 aliphatic carbocycles. The number of carbonyl (C=O) groups excluding carboxylic acids is 3. The minimum absolute atomic E-state index is 0.0635. The molecule has 4 aliphatic rings. The van der Waals surface area contributed by atoms with E-state index in [1.807, 2.05) is 0 Å². The summed E-state index contributed by atoms with van der Waals surface area (Å²) < 4.78 is 0. The zero-order valence-electron chi connectivity index (χ0n) is 14.8. The van der Waals surface area contributed by atoms with Gasteiger partial charge in [-0.2, -0.15) is 0 Å². The van der Waals surface area contributed by atoms with E-state index in [-0.39, 0.29) is 22.8 Å². The van der Waals surface area contributed by atoms with E-state index in [1.165, 1.54) is 0 Å². The van der Waals surface area contributed by atoms with Gasteiger partial charge in [-0.1, -0.05) is 13.8 Å². The number of amides is 1. The monoisotopic (exact) mass is 331 g/mol. The first-order valence-electron chi connectivity index (χ1n) is 9.66. The second-order valence-electron chi connectivity index (χ2n) is 9.28. The van der Waals surface area contributed by atoms with E-state index in [0.717, 1.165) is 44.9 Å². The molecule has 0 aromatic carbocycles. The van der Waals surface area contributed by atoms with Crippen LogP contribution in [0.1, 0.15) is 65.2 Å². The van der Waals surface area contributed by atoms with Crippen molar-refractivity contribution in [3.63, 3.8) is 0 Å². The van der Waals surface area contributed by atoms with E-state index in [9.17, 15) is 14.4 Å².